The van der Waals surface area contributed by atoms with Crippen LogP contribution >= 0.6 is 11.3 Å². The molecular weight excluding hydrogens is 343 g/mol. The number of nitrogens with zero attached hydrogens (tertiary/aromatic N) is 2. The number of thiazole rings is 1. The van der Waals surface area contributed by atoms with Crippen molar-refractivity contribution in [3.8, 4) is 0 Å². The number of carbonyl (C=O) groups excluding carboxylic acids is 1. The van der Waals surface area contributed by atoms with Gasteiger partial charge in [-0.15, -0.1) is 11.3 Å². The number of halogens is 1. The Morgan fingerprint density at radius 1 is 1.36 bits per heavy atom. The predicted molar refractivity (Wildman–Crippen MR) is 92.2 cm³/mol. The molecule has 1 aliphatic rings. The minimum absolute atomic E-state index is 0.222. The molecule has 2 aromatic rings. The first-order valence-electron chi connectivity index (χ1n) is 8.18. The summed E-state index contributed by atoms with van der Waals surface area (Å²) in [7, 11) is 0. The van der Waals surface area contributed by atoms with E-state index >= 15 is 0 Å². The van der Waals surface area contributed by atoms with Gasteiger partial charge in [0.2, 0.25) is 0 Å². The van der Waals surface area contributed by atoms with E-state index in [2.05, 4.69) is 4.98 Å². The summed E-state index contributed by atoms with van der Waals surface area (Å²) >= 11 is 1.38. The van der Waals surface area contributed by atoms with Crippen molar-refractivity contribution in [2.24, 2.45) is 5.92 Å². The summed E-state index contributed by atoms with van der Waals surface area (Å²) < 4.78 is 13.0. The largest absolute Gasteiger partial charge is 0.481 e. The summed E-state index contributed by atoms with van der Waals surface area (Å²) in [6, 6.07) is 5.85. The number of hydrogen-bond donors (Lipinski definition) is 1. The van der Waals surface area contributed by atoms with Crippen LogP contribution in [0.3, 0.4) is 0 Å². The van der Waals surface area contributed by atoms with Crippen molar-refractivity contribution in [1.29, 1.82) is 0 Å². The quantitative estimate of drug-likeness (QED) is 0.907. The number of carbonyl (C=O) groups is 2. The van der Waals surface area contributed by atoms with Crippen molar-refractivity contribution in [3.05, 3.63) is 51.7 Å². The molecule has 0 bridgehead atoms. The molecule has 0 saturated carbocycles. The van der Waals surface area contributed by atoms with Crippen molar-refractivity contribution in [2.75, 3.05) is 6.54 Å². The molecule has 1 fully saturated rings. The van der Waals surface area contributed by atoms with E-state index in [1.807, 2.05) is 0 Å². The molecule has 1 aromatic carbocycles. The van der Waals surface area contributed by atoms with E-state index in [0.717, 1.165) is 10.6 Å². The molecule has 25 heavy (non-hydrogen) atoms. The number of hydrogen-bond acceptors (Lipinski definition) is 4. The predicted octanol–water partition coefficient (Wildman–Crippen LogP) is 3.20. The lowest BCUT2D eigenvalue weighted by Crippen LogP contribution is -2.49. The first-order valence-corrected chi connectivity index (χ1v) is 9.06. The van der Waals surface area contributed by atoms with Crippen molar-refractivity contribution in [2.45, 2.75) is 32.2 Å². The van der Waals surface area contributed by atoms with Crippen LogP contribution in [-0.2, 0) is 11.2 Å². The number of piperidine rings is 1. The number of aromatic nitrogens is 1. The van der Waals surface area contributed by atoms with E-state index in [1.54, 1.807) is 29.3 Å². The summed E-state index contributed by atoms with van der Waals surface area (Å²) in [5.74, 6) is -1.90. The SMILES string of the molecule is C[C@@H]1[C@H](C(=O)O)CCCN1C(=O)c1csc(Cc2ccc(F)cc2)n1. The van der Waals surface area contributed by atoms with Gasteiger partial charge in [-0.1, -0.05) is 12.1 Å². The molecule has 1 aromatic heterocycles. The molecule has 2 heterocycles. The Hall–Kier alpha value is -2.28. The zero-order valence-corrected chi connectivity index (χ0v) is 14.6. The molecular formula is C18H19FN2O3S. The van der Waals surface area contributed by atoms with Crippen LogP contribution in [0.15, 0.2) is 29.6 Å². The van der Waals surface area contributed by atoms with Gasteiger partial charge in [-0.2, -0.15) is 0 Å². The van der Waals surface area contributed by atoms with Gasteiger partial charge in [0.15, 0.2) is 0 Å². The smallest absolute Gasteiger partial charge is 0.308 e. The Labute approximate surface area is 149 Å². The van der Waals surface area contributed by atoms with Gasteiger partial charge in [0.1, 0.15) is 11.5 Å². The zero-order valence-electron chi connectivity index (χ0n) is 13.8. The molecule has 1 saturated heterocycles. The first kappa shape index (κ1) is 17.5. The van der Waals surface area contributed by atoms with Crippen LogP contribution in [0.4, 0.5) is 4.39 Å². The molecule has 0 radical (unpaired) electrons. The minimum Gasteiger partial charge on any atom is -0.481 e. The summed E-state index contributed by atoms with van der Waals surface area (Å²) in [6.07, 6.45) is 1.80. The Morgan fingerprint density at radius 2 is 2.08 bits per heavy atom. The fourth-order valence-corrected chi connectivity index (χ4v) is 3.98. The van der Waals surface area contributed by atoms with Crippen molar-refractivity contribution in [3.63, 3.8) is 0 Å². The van der Waals surface area contributed by atoms with Gasteiger partial charge in [0, 0.05) is 24.4 Å². The summed E-state index contributed by atoms with van der Waals surface area (Å²) in [6.45, 7) is 2.33. The summed E-state index contributed by atoms with van der Waals surface area (Å²) in [5, 5.41) is 11.8. The monoisotopic (exact) mass is 362 g/mol. The number of amides is 1. The molecule has 1 aliphatic heterocycles. The number of carboxylic acid groups (broad SMARTS) is 1. The molecule has 0 spiro atoms. The Kier molecular flexibility index (Phi) is 5.13. The van der Waals surface area contributed by atoms with Crippen molar-refractivity contribution in [1.82, 2.24) is 9.88 Å². The number of aliphatic carboxylic acids is 1. The lowest BCUT2D eigenvalue weighted by atomic mass is 9.90. The fourth-order valence-electron chi connectivity index (χ4n) is 3.17. The topological polar surface area (TPSA) is 70.5 Å². The highest BCUT2D eigenvalue weighted by molar-refractivity contribution is 7.09. The number of carboxylic acids is 1. The number of benzene rings is 1. The lowest BCUT2D eigenvalue weighted by molar-refractivity contribution is -0.144. The molecule has 1 N–H and O–H groups in total. The van der Waals surface area contributed by atoms with Gasteiger partial charge in [0.05, 0.1) is 10.9 Å². The van der Waals surface area contributed by atoms with Gasteiger partial charge >= 0.3 is 5.97 Å². The zero-order chi connectivity index (χ0) is 18.0. The first-order chi connectivity index (χ1) is 12.0. The van der Waals surface area contributed by atoms with Crippen molar-refractivity contribution < 1.29 is 19.1 Å². The normalized spacial score (nSPS) is 20.5. The average Bonchev–Trinajstić information content (AvgIpc) is 3.05. The third-order valence-electron chi connectivity index (χ3n) is 4.61. The second kappa shape index (κ2) is 7.31. The van der Waals surface area contributed by atoms with E-state index < -0.39 is 11.9 Å². The molecule has 132 valence electrons. The molecule has 0 unspecified atom stereocenters. The number of likely N-dealkylation sites (tertiary alicyclic amines) is 1. The highest BCUT2D eigenvalue weighted by Crippen LogP contribution is 2.26. The van der Waals surface area contributed by atoms with E-state index in [9.17, 15) is 19.1 Å². The maximum Gasteiger partial charge on any atom is 0.308 e. The fraction of sp³-hybridized carbons (Fsp3) is 0.389. The minimum atomic E-state index is -0.861. The van der Waals surface area contributed by atoms with Crippen LogP contribution in [-0.4, -0.2) is 39.5 Å². The van der Waals surface area contributed by atoms with Crippen LogP contribution in [0.5, 0.6) is 0 Å². The van der Waals surface area contributed by atoms with Crippen LogP contribution in [0.2, 0.25) is 0 Å². The summed E-state index contributed by atoms with van der Waals surface area (Å²) in [5.41, 5.74) is 1.27. The van der Waals surface area contributed by atoms with Gasteiger partial charge in [-0.3, -0.25) is 9.59 Å². The molecule has 5 nitrogen and oxygen atoms in total. The second-order valence-corrected chi connectivity index (χ2v) is 7.20. The highest BCUT2D eigenvalue weighted by Gasteiger charge is 2.36. The molecule has 2 atom stereocenters. The third-order valence-corrected chi connectivity index (χ3v) is 5.45. The van der Waals surface area contributed by atoms with Gasteiger partial charge in [-0.25, -0.2) is 9.37 Å². The van der Waals surface area contributed by atoms with Gasteiger partial charge in [-0.05, 0) is 37.5 Å². The second-order valence-electron chi connectivity index (χ2n) is 6.26. The van der Waals surface area contributed by atoms with E-state index in [4.69, 9.17) is 0 Å². The number of rotatable bonds is 4. The van der Waals surface area contributed by atoms with E-state index in [0.29, 0.717) is 31.5 Å². The molecule has 1 amide bonds. The van der Waals surface area contributed by atoms with E-state index in [-0.39, 0.29) is 17.8 Å². The van der Waals surface area contributed by atoms with E-state index in [1.165, 1.54) is 23.5 Å². The Bertz CT molecular complexity index is 775. The maximum absolute atomic E-state index is 13.0. The summed E-state index contributed by atoms with van der Waals surface area (Å²) in [4.78, 5) is 30.0. The third kappa shape index (κ3) is 3.87. The molecule has 0 aliphatic carbocycles. The standard InChI is InChI=1S/C18H19FN2O3S/c1-11-14(18(23)24)3-2-8-21(11)17(22)15-10-25-16(20-15)9-12-4-6-13(19)7-5-12/h4-7,10-11,14H,2-3,8-9H2,1H3,(H,23,24)/t11-,14-/m1/s1. The molecule has 7 heteroatoms. The lowest BCUT2D eigenvalue weighted by Gasteiger charge is -2.37. The Morgan fingerprint density at radius 3 is 2.76 bits per heavy atom. The van der Waals surface area contributed by atoms with Gasteiger partial charge < -0.3 is 10.0 Å². The molecule has 3 rings (SSSR count). The van der Waals surface area contributed by atoms with Crippen LogP contribution in [0.25, 0.3) is 0 Å². The average molecular weight is 362 g/mol. The van der Waals surface area contributed by atoms with Crippen molar-refractivity contribution >= 4 is 23.2 Å². The highest BCUT2D eigenvalue weighted by atomic mass is 32.1. The Balaban J connectivity index is 1.71. The van der Waals surface area contributed by atoms with Gasteiger partial charge in [0.25, 0.3) is 5.91 Å². The maximum atomic E-state index is 13.0. The van der Waals surface area contributed by atoms with Crippen LogP contribution < -0.4 is 0 Å². The van der Waals surface area contributed by atoms with Crippen LogP contribution in [0.1, 0.15) is 40.8 Å². The van der Waals surface area contributed by atoms with Crippen LogP contribution in [0, 0.1) is 11.7 Å².